The van der Waals surface area contributed by atoms with Crippen LogP contribution >= 0.6 is 11.6 Å². The van der Waals surface area contributed by atoms with E-state index in [0.717, 1.165) is 12.1 Å². The Morgan fingerprint density at radius 2 is 1.71 bits per heavy atom. The fourth-order valence-electron chi connectivity index (χ4n) is 3.80. The van der Waals surface area contributed by atoms with E-state index >= 15 is 0 Å². The lowest BCUT2D eigenvalue weighted by molar-refractivity contribution is -0.121. The van der Waals surface area contributed by atoms with Crippen LogP contribution < -0.4 is 15.5 Å². The zero-order valence-electron chi connectivity index (χ0n) is 19.4. The Kier molecular flexibility index (Phi) is 6.93. The molecule has 1 saturated heterocycles. The molecular weight excluding hydrogens is 549 g/mol. The first-order valence-corrected chi connectivity index (χ1v) is 12.7. The number of nitrogens with zero attached hydrogens (tertiary/aromatic N) is 2. The number of halogens is 4. The van der Waals surface area contributed by atoms with Crippen LogP contribution in [0.5, 0.6) is 0 Å². The number of rotatable bonds is 6. The fourth-order valence-corrected chi connectivity index (χ4v) is 4.68. The molecule has 4 amide bonds. The summed E-state index contributed by atoms with van der Waals surface area (Å²) < 4.78 is 61.6. The molecule has 0 saturated carbocycles. The van der Waals surface area contributed by atoms with Gasteiger partial charge in [-0.1, -0.05) is 11.6 Å². The summed E-state index contributed by atoms with van der Waals surface area (Å²) in [4.78, 5) is 42.1. The maximum Gasteiger partial charge on any atom is 0.501 e. The number of carbonyl (C=O) groups excluding carboxylic acids is 3. The molecule has 2 heterocycles. The van der Waals surface area contributed by atoms with Gasteiger partial charge in [0.25, 0.3) is 21.7 Å². The number of sulfone groups is 1. The Bertz CT molecular complexity index is 1530. The number of imide groups is 1. The van der Waals surface area contributed by atoms with E-state index in [-0.39, 0.29) is 17.9 Å². The van der Waals surface area contributed by atoms with Gasteiger partial charge in [0.05, 0.1) is 10.6 Å². The van der Waals surface area contributed by atoms with Gasteiger partial charge >= 0.3 is 11.5 Å². The number of nitrogens with one attached hydrogen (secondary N) is 2. The van der Waals surface area contributed by atoms with Gasteiger partial charge < -0.3 is 10.6 Å². The van der Waals surface area contributed by atoms with Gasteiger partial charge in [0, 0.05) is 23.2 Å². The molecule has 1 fully saturated rings. The van der Waals surface area contributed by atoms with Gasteiger partial charge in [-0.15, -0.1) is 0 Å². The lowest BCUT2D eigenvalue weighted by Gasteiger charge is -2.22. The van der Waals surface area contributed by atoms with E-state index in [9.17, 15) is 36.0 Å². The maximum atomic E-state index is 13.2. The molecular formula is C24H18ClF3N4O5S. The van der Waals surface area contributed by atoms with Crippen LogP contribution in [-0.2, 0) is 21.1 Å². The number of benzene rings is 2. The molecule has 0 spiro atoms. The minimum Gasteiger partial charge on any atom is -0.323 e. The molecule has 3 aromatic rings. The molecule has 0 radical (unpaired) electrons. The monoisotopic (exact) mass is 566 g/mol. The van der Waals surface area contributed by atoms with Crippen molar-refractivity contribution in [3.05, 3.63) is 83.0 Å². The topological polar surface area (TPSA) is 126 Å². The Hall–Kier alpha value is -3.97. The minimum absolute atomic E-state index is 0.0130. The predicted molar refractivity (Wildman–Crippen MR) is 131 cm³/mol. The first-order chi connectivity index (χ1) is 17.7. The molecule has 1 aliphatic rings. The van der Waals surface area contributed by atoms with E-state index in [0.29, 0.717) is 33.2 Å². The van der Waals surface area contributed by atoms with Crippen LogP contribution in [0.4, 0.5) is 29.5 Å². The van der Waals surface area contributed by atoms with Gasteiger partial charge in [-0.25, -0.2) is 23.1 Å². The summed E-state index contributed by atoms with van der Waals surface area (Å²) in [7, 11) is -5.59. The second kappa shape index (κ2) is 9.72. The Morgan fingerprint density at radius 1 is 1.08 bits per heavy atom. The maximum absolute atomic E-state index is 13.2. The first-order valence-electron chi connectivity index (χ1n) is 10.8. The van der Waals surface area contributed by atoms with Crippen molar-refractivity contribution in [2.45, 2.75) is 29.3 Å². The zero-order valence-corrected chi connectivity index (χ0v) is 21.0. The number of hydrogen-bond donors (Lipinski definition) is 2. The minimum atomic E-state index is -5.59. The highest BCUT2D eigenvalue weighted by Crippen LogP contribution is 2.33. The number of aromatic nitrogens is 1. The van der Waals surface area contributed by atoms with Gasteiger partial charge in [-0.3, -0.25) is 9.59 Å². The normalized spacial score (nSPS) is 17.9. The molecule has 4 rings (SSSR count). The highest BCUT2D eigenvalue weighted by Gasteiger charge is 2.49. The van der Waals surface area contributed by atoms with Crippen molar-refractivity contribution in [1.29, 1.82) is 0 Å². The van der Waals surface area contributed by atoms with E-state index in [2.05, 4.69) is 15.6 Å². The third-order valence-electron chi connectivity index (χ3n) is 5.70. The van der Waals surface area contributed by atoms with E-state index in [1.165, 1.54) is 31.3 Å². The van der Waals surface area contributed by atoms with Crippen LogP contribution in [0.1, 0.15) is 22.8 Å². The van der Waals surface area contributed by atoms with Gasteiger partial charge in [0.1, 0.15) is 11.4 Å². The van der Waals surface area contributed by atoms with Crippen molar-refractivity contribution in [2.24, 2.45) is 0 Å². The SMILES string of the molecule is CC1(Cc2ccnc(NC(=O)c3ccc(Cl)cc3)c2)NC(=O)N(c2ccc(S(=O)(=O)C(F)(F)F)cc2)C1=O. The molecule has 2 aromatic carbocycles. The number of carbonyl (C=O) groups is 3. The molecule has 0 aliphatic carbocycles. The van der Waals surface area contributed by atoms with Gasteiger partial charge in [-0.2, -0.15) is 13.2 Å². The highest BCUT2D eigenvalue weighted by molar-refractivity contribution is 7.92. The van der Waals surface area contributed by atoms with Gasteiger partial charge in [-0.05, 0) is 73.2 Å². The Labute approximate surface area is 219 Å². The number of amides is 4. The van der Waals surface area contributed by atoms with Crippen molar-refractivity contribution in [3.8, 4) is 0 Å². The standard InChI is InChI=1S/C24H18ClF3N4O5S/c1-23(13-14-10-11-29-19(12-14)30-20(33)15-2-4-16(25)5-3-15)21(34)32(22(35)31-23)17-6-8-18(9-7-17)38(36,37)24(26,27)28/h2-12H,13H2,1H3,(H,31,35)(H,29,30,33). The number of hydrogen-bond acceptors (Lipinski definition) is 6. The van der Waals surface area contributed by atoms with Gasteiger partial charge in [0.2, 0.25) is 0 Å². The summed E-state index contributed by atoms with van der Waals surface area (Å²) in [5, 5.41) is 5.66. The average Bonchev–Trinajstić information content (AvgIpc) is 3.06. The zero-order chi connectivity index (χ0) is 27.9. The quantitative estimate of drug-likeness (QED) is 0.428. The summed E-state index contributed by atoms with van der Waals surface area (Å²) in [6.45, 7) is 1.46. The summed E-state index contributed by atoms with van der Waals surface area (Å²) in [6.07, 6.45) is 1.40. The van der Waals surface area contributed by atoms with Crippen molar-refractivity contribution in [1.82, 2.24) is 10.3 Å². The molecule has 14 heteroatoms. The smallest absolute Gasteiger partial charge is 0.323 e. The van der Waals surface area contributed by atoms with Crippen molar-refractivity contribution in [2.75, 3.05) is 10.2 Å². The molecule has 198 valence electrons. The Morgan fingerprint density at radius 3 is 2.32 bits per heavy atom. The molecule has 1 atom stereocenters. The summed E-state index contributed by atoms with van der Waals surface area (Å²) in [5.74, 6) is -0.955. The molecule has 1 aromatic heterocycles. The number of anilines is 2. The van der Waals surface area contributed by atoms with E-state index in [1.54, 1.807) is 18.2 Å². The number of urea groups is 1. The van der Waals surface area contributed by atoms with Crippen LogP contribution in [0.3, 0.4) is 0 Å². The van der Waals surface area contributed by atoms with Gasteiger partial charge in [0.15, 0.2) is 0 Å². The van der Waals surface area contributed by atoms with Crippen molar-refractivity contribution >= 4 is 50.8 Å². The number of alkyl halides is 3. The largest absolute Gasteiger partial charge is 0.501 e. The molecule has 2 N–H and O–H groups in total. The average molecular weight is 567 g/mol. The lowest BCUT2D eigenvalue weighted by atomic mass is 9.93. The van der Waals surface area contributed by atoms with E-state index in [1.807, 2.05) is 0 Å². The lowest BCUT2D eigenvalue weighted by Crippen LogP contribution is -2.46. The van der Waals surface area contributed by atoms with E-state index < -0.39 is 43.6 Å². The molecule has 1 aliphatic heterocycles. The summed E-state index contributed by atoms with van der Waals surface area (Å²) in [5.41, 5.74) is -6.17. The third kappa shape index (κ3) is 5.20. The first kappa shape index (κ1) is 27.1. The van der Waals surface area contributed by atoms with Crippen LogP contribution in [-0.4, -0.2) is 42.3 Å². The van der Waals surface area contributed by atoms with Crippen LogP contribution in [0, 0.1) is 0 Å². The van der Waals surface area contributed by atoms with Crippen molar-refractivity contribution in [3.63, 3.8) is 0 Å². The third-order valence-corrected chi connectivity index (χ3v) is 7.46. The molecule has 9 nitrogen and oxygen atoms in total. The van der Waals surface area contributed by atoms with Crippen LogP contribution in [0.25, 0.3) is 0 Å². The van der Waals surface area contributed by atoms with Crippen molar-refractivity contribution < 1.29 is 36.0 Å². The fraction of sp³-hybridized carbons (Fsp3) is 0.167. The predicted octanol–water partition coefficient (Wildman–Crippen LogP) is 4.34. The summed E-state index contributed by atoms with van der Waals surface area (Å²) >= 11 is 5.83. The molecule has 0 bridgehead atoms. The second-order valence-corrected chi connectivity index (χ2v) is 10.9. The molecule has 1 unspecified atom stereocenters. The van der Waals surface area contributed by atoms with E-state index in [4.69, 9.17) is 11.6 Å². The number of pyridine rings is 1. The summed E-state index contributed by atoms with van der Waals surface area (Å²) in [6, 6.07) is 11.7. The van der Waals surface area contributed by atoms with Crippen LogP contribution in [0.2, 0.25) is 5.02 Å². The Balaban J connectivity index is 1.51. The van der Waals surface area contributed by atoms with Crippen LogP contribution in [0.15, 0.2) is 71.8 Å². The molecule has 38 heavy (non-hydrogen) atoms. The second-order valence-electron chi connectivity index (χ2n) is 8.53. The highest BCUT2D eigenvalue weighted by atomic mass is 35.5.